The Labute approximate surface area is 116 Å². The van der Waals surface area contributed by atoms with Crippen LogP contribution < -0.4 is 9.47 Å². The van der Waals surface area contributed by atoms with Gasteiger partial charge in [0.25, 0.3) is 11.8 Å². The van der Waals surface area contributed by atoms with Gasteiger partial charge in [-0.2, -0.15) is 0 Å². The van der Waals surface area contributed by atoms with E-state index in [0.29, 0.717) is 22.5 Å². The second kappa shape index (κ2) is 6.20. The van der Waals surface area contributed by atoms with Gasteiger partial charge in [-0.25, -0.2) is 9.97 Å². The first-order chi connectivity index (χ1) is 9.22. The number of methoxy groups -OCH3 is 2. The number of halogens is 1. The molecular formula is C14H13ClN2O2. The van der Waals surface area contributed by atoms with Crippen LogP contribution in [-0.4, -0.2) is 24.2 Å². The van der Waals surface area contributed by atoms with Gasteiger partial charge in [-0.3, -0.25) is 0 Å². The van der Waals surface area contributed by atoms with E-state index in [1.165, 1.54) is 14.2 Å². The highest BCUT2D eigenvalue weighted by Crippen LogP contribution is 2.21. The van der Waals surface area contributed by atoms with Gasteiger partial charge in [0.2, 0.25) is 0 Å². The van der Waals surface area contributed by atoms with Crippen LogP contribution in [0.2, 0.25) is 5.02 Å². The van der Waals surface area contributed by atoms with E-state index in [4.69, 9.17) is 21.1 Å². The summed E-state index contributed by atoms with van der Waals surface area (Å²) in [4.78, 5) is 8.38. The van der Waals surface area contributed by atoms with Crippen LogP contribution in [0, 0.1) is 0 Å². The summed E-state index contributed by atoms with van der Waals surface area (Å²) in [6.07, 6.45) is 5.39. The van der Waals surface area contributed by atoms with Crippen LogP contribution in [0.25, 0.3) is 12.2 Å². The van der Waals surface area contributed by atoms with Crippen LogP contribution >= 0.6 is 11.6 Å². The van der Waals surface area contributed by atoms with Crippen molar-refractivity contribution in [3.05, 3.63) is 46.7 Å². The zero-order valence-electron chi connectivity index (χ0n) is 10.6. The van der Waals surface area contributed by atoms with Crippen molar-refractivity contribution in [1.82, 2.24) is 9.97 Å². The van der Waals surface area contributed by atoms with Gasteiger partial charge < -0.3 is 9.47 Å². The molecule has 0 fully saturated rings. The van der Waals surface area contributed by atoms with Gasteiger partial charge in [0.15, 0.2) is 0 Å². The normalized spacial score (nSPS) is 10.7. The number of hydrogen-bond acceptors (Lipinski definition) is 4. The maximum atomic E-state index is 5.82. The molecule has 1 aromatic heterocycles. The van der Waals surface area contributed by atoms with Crippen molar-refractivity contribution < 1.29 is 9.47 Å². The van der Waals surface area contributed by atoms with Crippen molar-refractivity contribution in [3.63, 3.8) is 0 Å². The van der Waals surface area contributed by atoms with Crippen molar-refractivity contribution in [2.24, 2.45) is 0 Å². The lowest BCUT2D eigenvalue weighted by atomic mass is 10.2. The molecule has 0 unspecified atom stereocenters. The van der Waals surface area contributed by atoms with Crippen molar-refractivity contribution in [3.8, 4) is 11.8 Å². The van der Waals surface area contributed by atoms with E-state index in [0.717, 1.165) is 5.56 Å². The fourth-order valence-electron chi connectivity index (χ4n) is 1.48. The van der Waals surface area contributed by atoms with Gasteiger partial charge >= 0.3 is 0 Å². The van der Waals surface area contributed by atoms with Crippen molar-refractivity contribution in [1.29, 1.82) is 0 Å². The molecule has 0 radical (unpaired) electrons. The molecule has 0 aliphatic heterocycles. The molecule has 2 aromatic rings. The van der Waals surface area contributed by atoms with Gasteiger partial charge in [-0.05, 0) is 23.8 Å². The third-order valence-electron chi connectivity index (χ3n) is 2.43. The first-order valence-electron chi connectivity index (χ1n) is 5.61. The third kappa shape index (κ3) is 3.45. The lowest BCUT2D eigenvalue weighted by Crippen LogP contribution is -1.97. The summed E-state index contributed by atoms with van der Waals surface area (Å²) < 4.78 is 10.1. The summed E-state index contributed by atoms with van der Waals surface area (Å²) in [6, 6.07) is 7.52. The average molecular weight is 277 g/mol. The smallest absolute Gasteiger partial charge is 0.278 e. The zero-order chi connectivity index (χ0) is 13.7. The van der Waals surface area contributed by atoms with Gasteiger partial charge in [-0.1, -0.05) is 29.8 Å². The molecule has 0 saturated carbocycles. The first-order valence-corrected chi connectivity index (χ1v) is 5.99. The number of ether oxygens (including phenoxy) is 2. The van der Waals surface area contributed by atoms with Crippen molar-refractivity contribution in [2.45, 2.75) is 0 Å². The van der Waals surface area contributed by atoms with E-state index in [9.17, 15) is 0 Å². The molecule has 0 saturated heterocycles. The SMILES string of the molecule is COc1ncc(/C=C/c2ccc(Cl)cc2)nc1OC. The van der Waals surface area contributed by atoms with Crippen molar-refractivity contribution >= 4 is 23.8 Å². The Kier molecular flexibility index (Phi) is 4.36. The minimum Gasteiger partial charge on any atom is -0.477 e. The fourth-order valence-corrected chi connectivity index (χ4v) is 1.61. The highest BCUT2D eigenvalue weighted by Gasteiger charge is 2.06. The summed E-state index contributed by atoms with van der Waals surface area (Å²) in [5, 5.41) is 0.711. The molecule has 0 spiro atoms. The Hall–Kier alpha value is -2.07. The lowest BCUT2D eigenvalue weighted by Gasteiger charge is -2.04. The second-order valence-corrected chi connectivity index (χ2v) is 4.13. The van der Waals surface area contributed by atoms with E-state index in [1.807, 2.05) is 36.4 Å². The molecule has 0 aliphatic carbocycles. The fraction of sp³-hybridized carbons (Fsp3) is 0.143. The molecule has 0 amide bonds. The van der Waals surface area contributed by atoms with Crippen LogP contribution in [0.5, 0.6) is 11.8 Å². The summed E-state index contributed by atoms with van der Waals surface area (Å²) in [5.74, 6) is 0.729. The largest absolute Gasteiger partial charge is 0.477 e. The van der Waals surface area contributed by atoms with Crippen LogP contribution in [0.1, 0.15) is 11.3 Å². The summed E-state index contributed by atoms with van der Waals surface area (Å²) in [6.45, 7) is 0. The minimum atomic E-state index is 0.362. The summed E-state index contributed by atoms with van der Waals surface area (Å²) in [5.41, 5.74) is 1.72. The van der Waals surface area contributed by atoms with E-state index in [-0.39, 0.29) is 0 Å². The molecule has 19 heavy (non-hydrogen) atoms. The molecule has 0 bridgehead atoms. The number of benzene rings is 1. The molecule has 2 rings (SSSR count). The average Bonchev–Trinajstić information content (AvgIpc) is 2.46. The first kappa shape index (κ1) is 13.4. The van der Waals surface area contributed by atoms with Crippen LogP contribution in [0.15, 0.2) is 30.5 Å². The topological polar surface area (TPSA) is 44.2 Å². The molecule has 0 N–H and O–H groups in total. The Morgan fingerprint density at radius 2 is 1.68 bits per heavy atom. The van der Waals surface area contributed by atoms with Crippen molar-refractivity contribution in [2.75, 3.05) is 14.2 Å². The van der Waals surface area contributed by atoms with E-state index < -0.39 is 0 Å². The Morgan fingerprint density at radius 1 is 1.00 bits per heavy atom. The third-order valence-corrected chi connectivity index (χ3v) is 2.68. The standard InChI is InChI=1S/C14H13ClN2O2/c1-18-13-14(19-2)17-12(9-16-13)8-5-10-3-6-11(15)7-4-10/h3-9H,1-2H3/b8-5+. The van der Waals surface area contributed by atoms with Crippen LogP contribution in [0.3, 0.4) is 0 Å². The molecule has 5 heteroatoms. The highest BCUT2D eigenvalue weighted by atomic mass is 35.5. The lowest BCUT2D eigenvalue weighted by molar-refractivity contribution is 0.331. The Bertz CT molecular complexity index is 582. The molecule has 4 nitrogen and oxygen atoms in total. The van der Waals surface area contributed by atoms with Gasteiger partial charge in [-0.15, -0.1) is 0 Å². The van der Waals surface area contributed by atoms with E-state index >= 15 is 0 Å². The van der Waals surface area contributed by atoms with E-state index in [2.05, 4.69) is 9.97 Å². The van der Waals surface area contributed by atoms with Crippen LogP contribution in [0.4, 0.5) is 0 Å². The molecule has 1 aromatic carbocycles. The Morgan fingerprint density at radius 3 is 2.32 bits per heavy atom. The number of hydrogen-bond donors (Lipinski definition) is 0. The van der Waals surface area contributed by atoms with Gasteiger partial charge in [0, 0.05) is 5.02 Å². The van der Waals surface area contributed by atoms with E-state index in [1.54, 1.807) is 6.20 Å². The highest BCUT2D eigenvalue weighted by molar-refractivity contribution is 6.30. The summed E-state index contributed by atoms with van der Waals surface area (Å²) >= 11 is 5.82. The summed E-state index contributed by atoms with van der Waals surface area (Å²) in [7, 11) is 3.05. The molecule has 0 aliphatic rings. The predicted octanol–water partition coefficient (Wildman–Crippen LogP) is 3.32. The second-order valence-electron chi connectivity index (χ2n) is 3.70. The maximum absolute atomic E-state index is 5.82. The number of rotatable bonds is 4. The van der Waals surface area contributed by atoms with Crippen LogP contribution in [-0.2, 0) is 0 Å². The Balaban J connectivity index is 2.21. The van der Waals surface area contributed by atoms with Gasteiger partial charge in [0.05, 0.1) is 26.1 Å². The zero-order valence-corrected chi connectivity index (χ0v) is 11.4. The predicted molar refractivity (Wildman–Crippen MR) is 75.5 cm³/mol. The number of nitrogens with zero attached hydrogens (tertiary/aromatic N) is 2. The molecule has 0 atom stereocenters. The van der Waals surface area contributed by atoms with Gasteiger partial charge in [0.1, 0.15) is 0 Å². The quantitative estimate of drug-likeness (QED) is 0.859. The minimum absolute atomic E-state index is 0.362. The maximum Gasteiger partial charge on any atom is 0.278 e. The molecular weight excluding hydrogens is 264 g/mol. The monoisotopic (exact) mass is 276 g/mol. The molecule has 1 heterocycles. The number of aromatic nitrogens is 2. The molecule has 98 valence electrons.